The molecule has 0 bridgehead atoms. The highest BCUT2D eigenvalue weighted by molar-refractivity contribution is 5.17. The van der Waals surface area contributed by atoms with Crippen LogP contribution in [0.2, 0.25) is 0 Å². The number of likely N-dealkylation sites (tertiary alicyclic amines) is 1. The van der Waals surface area contributed by atoms with Crippen LogP contribution in [0.3, 0.4) is 0 Å². The monoisotopic (exact) mass is 167 g/mol. The molecule has 1 fully saturated rings. The second kappa shape index (κ2) is 3.15. The minimum absolute atomic E-state index is 0.407. The minimum Gasteiger partial charge on any atom is -0.424 e. The summed E-state index contributed by atoms with van der Waals surface area (Å²) in [6.45, 7) is 3.11. The second-order valence-electron chi connectivity index (χ2n) is 3.14. The zero-order valence-corrected chi connectivity index (χ0v) is 6.99. The highest BCUT2D eigenvalue weighted by Gasteiger charge is 2.13. The summed E-state index contributed by atoms with van der Waals surface area (Å²) in [4.78, 5) is 6.37. The Bertz CT molecular complexity index is 253. The average Bonchev–Trinajstić information content (AvgIpc) is 2.63. The van der Waals surface area contributed by atoms with Gasteiger partial charge in [0, 0.05) is 0 Å². The molecule has 0 amide bonds. The van der Waals surface area contributed by atoms with Gasteiger partial charge in [-0.15, -0.1) is 0 Å². The molecule has 1 aliphatic heterocycles. The van der Waals surface area contributed by atoms with E-state index in [0.29, 0.717) is 5.88 Å². The summed E-state index contributed by atoms with van der Waals surface area (Å²) in [7, 11) is 0. The number of nitrogens with two attached hydrogens (primary N) is 1. The predicted octanol–water partition coefficient (Wildman–Crippen LogP) is 0.853. The van der Waals surface area contributed by atoms with Gasteiger partial charge in [-0.2, -0.15) is 0 Å². The molecule has 1 aromatic heterocycles. The zero-order chi connectivity index (χ0) is 8.39. The Hall–Kier alpha value is -1.03. The van der Waals surface area contributed by atoms with E-state index in [0.717, 1.165) is 25.5 Å². The Labute approximate surface area is 71.4 Å². The van der Waals surface area contributed by atoms with Crippen LogP contribution in [-0.2, 0) is 6.54 Å². The lowest BCUT2D eigenvalue weighted by Gasteiger charge is -2.10. The van der Waals surface area contributed by atoms with Gasteiger partial charge in [0.25, 0.3) is 0 Å². The third-order valence-electron chi connectivity index (χ3n) is 2.13. The Balaban J connectivity index is 1.94. The number of anilines is 1. The summed E-state index contributed by atoms with van der Waals surface area (Å²) in [5.74, 6) is 1.14. The number of rotatable bonds is 2. The molecule has 2 N–H and O–H groups in total. The normalized spacial score (nSPS) is 18.7. The van der Waals surface area contributed by atoms with Gasteiger partial charge in [-0.3, -0.25) is 4.90 Å². The highest BCUT2D eigenvalue weighted by atomic mass is 16.4. The van der Waals surface area contributed by atoms with Gasteiger partial charge in [-0.25, -0.2) is 4.98 Å². The summed E-state index contributed by atoms with van der Waals surface area (Å²) >= 11 is 0. The summed E-state index contributed by atoms with van der Waals surface area (Å²) in [6, 6.07) is 0. The first-order valence-electron chi connectivity index (χ1n) is 4.27. The molecule has 0 aromatic carbocycles. The molecule has 0 saturated carbocycles. The van der Waals surface area contributed by atoms with Gasteiger partial charge in [0.2, 0.25) is 11.8 Å². The summed E-state index contributed by atoms with van der Waals surface area (Å²) < 4.78 is 5.17. The van der Waals surface area contributed by atoms with E-state index in [1.54, 1.807) is 6.20 Å². The van der Waals surface area contributed by atoms with Crippen molar-refractivity contribution in [2.24, 2.45) is 0 Å². The Morgan fingerprint density at radius 1 is 1.50 bits per heavy atom. The molecule has 1 aromatic rings. The third kappa shape index (κ3) is 1.58. The molecule has 2 rings (SSSR count). The van der Waals surface area contributed by atoms with Crippen LogP contribution in [0.1, 0.15) is 18.7 Å². The van der Waals surface area contributed by atoms with Gasteiger partial charge in [0.1, 0.15) is 0 Å². The van der Waals surface area contributed by atoms with Crippen molar-refractivity contribution in [1.82, 2.24) is 9.88 Å². The van der Waals surface area contributed by atoms with Crippen LogP contribution in [0.25, 0.3) is 0 Å². The van der Waals surface area contributed by atoms with E-state index >= 15 is 0 Å². The van der Waals surface area contributed by atoms with E-state index in [4.69, 9.17) is 10.2 Å². The molecular weight excluding hydrogens is 154 g/mol. The number of aromatic nitrogens is 1. The van der Waals surface area contributed by atoms with Crippen molar-refractivity contribution in [2.75, 3.05) is 18.8 Å². The molecule has 0 unspecified atom stereocenters. The fraction of sp³-hybridized carbons (Fsp3) is 0.625. The lowest BCUT2D eigenvalue weighted by Crippen LogP contribution is -2.18. The number of nitrogen functional groups attached to an aromatic ring is 1. The van der Waals surface area contributed by atoms with Crippen LogP contribution in [0.5, 0.6) is 0 Å². The third-order valence-corrected chi connectivity index (χ3v) is 2.13. The van der Waals surface area contributed by atoms with Gasteiger partial charge in [0.05, 0.1) is 12.7 Å². The van der Waals surface area contributed by atoms with Crippen molar-refractivity contribution in [1.29, 1.82) is 0 Å². The fourth-order valence-corrected chi connectivity index (χ4v) is 1.53. The molecule has 0 spiro atoms. The van der Waals surface area contributed by atoms with E-state index in [1.165, 1.54) is 12.8 Å². The number of hydrogen-bond donors (Lipinski definition) is 1. The van der Waals surface area contributed by atoms with Crippen LogP contribution < -0.4 is 5.73 Å². The summed E-state index contributed by atoms with van der Waals surface area (Å²) in [5.41, 5.74) is 5.41. The second-order valence-corrected chi connectivity index (χ2v) is 3.14. The lowest BCUT2D eigenvalue weighted by atomic mass is 10.4. The van der Waals surface area contributed by atoms with Crippen molar-refractivity contribution in [3.8, 4) is 0 Å². The van der Waals surface area contributed by atoms with Crippen LogP contribution in [-0.4, -0.2) is 23.0 Å². The van der Waals surface area contributed by atoms with Gasteiger partial charge in [-0.1, -0.05) is 0 Å². The SMILES string of the molecule is Nc1cnc(CN2CCCC2)o1. The molecule has 66 valence electrons. The van der Waals surface area contributed by atoms with E-state index in [1.807, 2.05) is 0 Å². The Kier molecular flexibility index (Phi) is 1.99. The molecule has 12 heavy (non-hydrogen) atoms. The van der Waals surface area contributed by atoms with Gasteiger partial charge in [-0.05, 0) is 25.9 Å². The molecule has 0 atom stereocenters. The van der Waals surface area contributed by atoms with Crippen molar-refractivity contribution in [2.45, 2.75) is 19.4 Å². The average molecular weight is 167 g/mol. The molecule has 0 radical (unpaired) electrons. The topological polar surface area (TPSA) is 55.3 Å². The van der Waals surface area contributed by atoms with Crippen LogP contribution in [0, 0.1) is 0 Å². The van der Waals surface area contributed by atoms with E-state index < -0.39 is 0 Å². The van der Waals surface area contributed by atoms with E-state index in [2.05, 4.69) is 9.88 Å². The zero-order valence-electron chi connectivity index (χ0n) is 6.99. The molecule has 1 saturated heterocycles. The maximum atomic E-state index is 5.41. The van der Waals surface area contributed by atoms with Crippen LogP contribution in [0.4, 0.5) is 5.88 Å². The largest absolute Gasteiger partial charge is 0.424 e. The number of hydrogen-bond acceptors (Lipinski definition) is 4. The molecule has 4 nitrogen and oxygen atoms in total. The molecule has 1 aliphatic rings. The first-order valence-corrected chi connectivity index (χ1v) is 4.27. The maximum absolute atomic E-state index is 5.41. The Morgan fingerprint density at radius 3 is 2.83 bits per heavy atom. The molecule has 0 aliphatic carbocycles. The number of oxazole rings is 1. The number of nitrogens with zero attached hydrogens (tertiary/aromatic N) is 2. The molecule has 2 heterocycles. The molecule has 4 heteroatoms. The highest BCUT2D eigenvalue weighted by Crippen LogP contribution is 2.13. The van der Waals surface area contributed by atoms with Crippen molar-refractivity contribution < 1.29 is 4.42 Å². The summed E-state index contributed by atoms with van der Waals surface area (Å²) in [6.07, 6.45) is 4.14. The lowest BCUT2D eigenvalue weighted by molar-refractivity contribution is 0.293. The minimum atomic E-state index is 0.407. The fourth-order valence-electron chi connectivity index (χ4n) is 1.53. The molecular formula is C8H13N3O. The van der Waals surface area contributed by atoms with Crippen molar-refractivity contribution >= 4 is 5.88 Å². The van der Waals surface area contributed by atoms with Crippen LogP contribution >= 0.6 is 0 Å². The van der Waals surface area contributed by atoms with Gasteiger partial charge < -0.3 is 10.2 Å². The Morgan fingerprint density at radius 2 is 2.25 bits per heavy atom. The maximum Gasteiger partial charge on any atom is 0.211 e. The van der Waals surface area contributed by atoms with Crippen LogP contribution in [0.15, 0.2) is 10.6 Å². The first-order chi connectivity index (χ1) is 5.84. The van der Waals surface area contributed by atoms with Gasteiger partial charge >= 0.3 is 0 Å². The quantitative estimate of drug-likeness (QED) is 0.709. The summed E-state index contributed by atoms with van der Waals surface area (Å²) in [5, 5.41) is 0. The van der Waals surface area contributed by atoms with Crippen molar-refractivity contribution in [3.05, 3.63) is 12.1 Å². The standard InChI is InChI=1S/C8H13N3O/c9-7-5-10-8(12-7)6-11-3-1-2-4-11/h5H,1-4,6,9H2. The van der Waals surface area contributed by atoms with Crippen molar-refractivity contribution in [3.63, 3.8) is 0 Å². The van der Waals surface area contributed by atoms with E-state index in [9.17, 15) is 0 Å². The van der Waals surface area contributed by atoms with Gasteiger partial charge in [0.15, 0.2) is 0 Å². The first kappa shape index (κ1) is 7.61. The predicted molar refractivity (Wildman–Crippen MR) is 45.4 cm³/mol. The van der Waals surface area contributed by atoms with E-state index in [-0.39, 0.29) is 0 Å². The smallest absolute Gasteiger partial charge is 0.211 e.